The standard InChI is InChI=1S/C19H25N3O2/c1-12-8-13(2)10-14(9-12)22-7-6-15(18(22)24)17(23)21-16(11-20)19(3,4)5/h8-10,15-16H,6-7H2,1-5H3,(H,21,23). The number of rotatable bonds is 3. The lowest BCUT2D eigenvalue weighted by atomic mass is 9.87. The van der Waals surface area contributed by atoms with Gasteiger partial charge in [-0.15, -0.1) is 0 Å². The second kappa shape index (κ2) is 6.64. The first-order valence-electron chi connectivity index (χ1n) is 8.23. The van der Waals surface area contributed by atoms with E-state index in [1.54, 1.807) is 4.90 Å². The predicted molar refractivity (Wildman–Crippen MR) is 93.4 cm³/mol. The average molecular weight is 327 g/mol. The molecule has 1 N–H and O–H groups in total. The maximum Gasteiger partial charge on any atom is 0.239 e. The van der Waals surface area contributed by atoms with Crippen molar-refractivity contribution in [3.8, 4) is 6.07 Å². The van der Waals surface area contributed by atoms with E-state index in [0.29, 0.717) is 13.0 Å². The number of carbonyl (C=O) groups excluding carboxylic acids is 2. The van der Waals surface area contributed by atoms with E-state index in [-0.39, 0.29) is 17.2 Å². The summed E-state index contributed by atoms with van der Waals surface area (Å²) in [6.45, 7) is 10.2. The van der Waals surface area contributed by atoms with E-state index in [4.69, 9.17) is 0 Å². The monoisotopic (exact) mass is 327 g/mol. The summed E-state index contributed by atoms with van der Waals surface area (Å²) >= 11 is 0. The SMILES string of the molecule is Cc1cc(C)cc(N2CCC(C(=O)NC(C#N)C(C)(C)C)C2=O)c1. The van der Waals surface area contributed by atoms with Crippen molar-refractivity contribution in [2.45, 2.75) is 47.1 Å². The van der Waals surface area contributed by atoms with Crippen molar-refractivity contribution in [2.75, 3.05) is 11.4 Å². The fourth-order valence-corrected chi connectivity index (χ4v) is 2.97. The van der Waals surface area contributed by atoms with Gasteiger partial charge < -0.3 is 10.2 Å². The molecular formula is C19H25N3O2. The Labute approximate surface area is 143 Å². The lowest BCUT2D eigenvalue weighted by molar-refractivity contribution is -0.132. The van der Waals surface area contributed by atoms with E-state index in [1.165, 1.54) is 0 Å². The Hall–Kier alpha value is -2.35. The Bertz CT molecular complexity index is 677. The molecule has 1 fully saturated rings. The van der Waals surface area contributed by atoms with Gasteiger partial charge >= 0.3 is 0 Å². The van der Waals surface area contributed by atoms with E-state index in [0.717, 1.165) is 16.8 Å². The number of hydrogen-bond donors (Lipinski definition) is 1. The van der Waals surface area contributed by atoms with Crippen LogP contribution in [0.4, 0.5) is 5.69 Å². The molecule has 1 aromatic rings. The van der Waals surface area contributed by atoms with Gasteiger partial charge in [-0.25, -0.2) is 0 Å². The van der Waals surface area contributed by atoms with Gasteiger partial charge in [0.05, 0.1) is 6.07 Å². The number of hydrogen-bond acceptors (Lipinski definition) is 3. The van der Waals surface area contributed by atoms with Crippen LogP contribution in [0.1, 0.15) is 38.3 Å². The molecule has 1 aromatic carbocycles. The molecule has 1 aliphatic heterocycles. The molecule has 5 nitrogen and oxygen atoms in total. The van der Waals surface area contributed by atoms with Crippen LogP contribution in [0.3, 0.4) is 0 Å². The minimum Gasteiger partial charge on any atom is -0.339 e. The molecule has 2 amide bonds. The number of benzene rings is 1. The Morgan fingerprint density at radius 2 is 1.88 bits per heavy atom. The van der Waals surface area contributed by atoms with Gasteiger partial charge in [-0.1, -0.05) is 26.8 Å². The normalized spacial score (nSPS) is 19.1. The first kappa shape index (κ1) is 18.0. The number of anilines is 1. The summed E-state index contributed by atoms with van der Waals surface area (Å²) in [6.07, 6.45) is 0.472. The minimum atomic E-state index is -0.719. The number of aryl methyl sites for hydroxylation is 2. The highest BCUT2D eigenvalue weighted by atomic mass is 16.2. The number of nitrogens with zero attached hydrogens (tertiary/aromatic N) is 2. The molecule has 1 aliphatic rings. The van der Waals surface area contributed by atoms with Gasteiger partial charge in [-0.2, -0.15) is 5.26 Å². The van der Waals surface area contributed by atoms with Crippen LogP contribution in [0.5, 0.6) is 0 Å². The van der Waals surface area contributed by atoms with Gasteiger partial charge in [-0.05, 0) is 48.9 Å². The molecule has 0 bridgehead atoms. The quantitative estimate of drug-likeness (QED) is 0.868. The van der Waals surface area contributed by atoms with Gasteiger partial charge in [0.15, 0.2) is 0 Å². The van der Waals surface area contributed by atoms with Crippen LogP contribution >= 0.6 is 0 Å². The van der Waals surface area contributed by atoms with Crippen molar-refractivity contribution in [3.05, 3.63) is 29.3 Å². The zero-order valence-corrected chi connectivity index (χ0v) is 15.0. The van der Waals surface area contributed by atoms with Gasteiger partial charge in [0.25, 0.3) is 0 Å². The summed E-state index contributed by atoms with van der Waals surface area (Å²) in [5.41, 5.74) is 2.63. The second-order valence-corrected chi connectivity index (χ2v) is 7.61. The maximum absolute atomic E-state index is 12.7. The zero-order chi connectivity index (χ0) is 18.1. The molecule has 0 saturated carbocycles. The third-order valence-electron chi connectivity index (χ3n) is 4.32. The van der Waals surface area contributed by atoms with Crippen molar-refractivity contribution in [1.82, 2.24) is 5.32 Å². The summed E-state index contributed by atoms with van der Waals surface area (Å²) in [4.78, 5) is 26.8. The fourth-order valence-electron chi connectivity index (χ4n) is 2.97. The van der Waals surface area contributed by atoms with Crippen LogP contribution in [-0.2, 0) is 9.59 Å². The van der Waals surface area contributed by atoms with E-state index in [9.17, 15) is 14.9 Å². The summed E-state index contributed by atoms with van der Waals surface area (Å²) in [6, 6.07) is 7.46. The van der Waals surface area contributed by atoms with Crippen molar-refractivity contribution in [3.63, 3.8) is 0 Å². The van der Waals surface area contributed by atoms with E-state index in [1.807, 2.05) is 46.8 Å². The summed E-state index contributed by atoms with van der Waals surface area (Å²) in [7, 11) is 0. The first-order valence-corrected chi connectivity index (χ1v) is 8.23. The molecule has 24 heavy (non-hydrogen) atoms. The predicted octanol–water partition coefficient (Wildman–Crippen LogP) is 2.71. The number of amides is 2. The fraction of sp³-hybridized carbons (Fsp3) is 0.526. The van der Waals surface area contributed by atoms with Crippen molar-refractivity contribution in [1.29, 1.82) is 5.26 Å². The molecule has 1 saturated heterocycles. The summed E-state index contributed by atoms with van der Waals surface area (Å²) in [5.74, 6) is -1.26. The average Bonchev–Trinajstić information content (AvgIpc) is 2.84. The topological polar surface area (TPSA) is 73.2 Å². The van der Waals surface area contributed by atoms with E-state index < -0.39 is 12.0 Å². The van der Waals surface area contributed by atoms with Crippen LogP contribution in [0, 0.1) is 36.5 Å². The molecule has 1 heterocycles. The van der Waals surface area contributed by atoms with Crippen molar-refractivity contribution < 1.29 is 9.59 Å². The van der Waals surface area contributed by atoms with Crippen LogP contribution < -0.4 is 10.2 Å². The van der Waals surface area contributed by atoms with Gasteiger partial charge in [0.1, 0.15) is 12.0 Å². The Kier molecular flexibility index (Phi) is 4.98. The molecule has 2 atom stereocenters. The maximum atomic E-state index is 12.7. The van der Waals surface area contributed by atoms with Gasteiger partial charge in [0, 0.05) is 12.2 Å². The van der Waals surface area contributed by atoms with Crippen molar-refractivity contribution >= 4 is 17.5 Å². The molecular weight excluding hydrogens is 302 g/mol. The molecule has 2 rings (SSSR count). The molecule has 0 aliphatic carbocycles. The molecule has 0 aromatic heterocycles. The van der Waals surface area contributed by atoms with Gasteiger partial charge in [0.2, 0.25) is 11.8 Å². The van der Waals surface area contributed by atoms with Crippen LogP contribution in [0.15, 0.2) is 18.2 Å². The third-order valence-corrected chi connectivity index (χ3v) is 4.32. The summed E-state index contributed by atoms with van der Waals surface area (Å²) in [5, 5.41) is 12.0. The van der Waals surface area contributed by atoms with Gasteiger partial charge in [-0.3, -0.25) is 9.59 Å². The smallest absolute Gasteiger partial charge is 0.239 e. The highest BCUT2D eigenvalue weighted by molar-refractivity contribution is 6.09. The number of nitriles is 1. The highest BCUT2D eigenvalue weighted by Crippen LogP contribution is 2.28. The molecule has 0 spiro atoms. The zero-order valence-electron chi connectivity index (χ0n) is 15.0. The van der Waals surface area contributed by atoms with Crippen LogP contribution in [0.2, 0.25) is 0 Å². The summed E-state index contributed by atoms with van der Waals surface area (Å²) < 4.78 is 0. The second-order valence-electron chi connectivity index (χ2n) is 7.61. The third kappa shape index (κ3) is 3.76. The largest absolute Gasteiger partial charge is 0.339 e. The van der Waals surface area contributed by atoms with Crippen LogP contribution in [0.25, 0.3) is 0 Å². The molecule has 2 unspecified atom stereocenters. The lowest BCUT2D eigenvalue weighted by Gasteiger charge is -2.26. The van der Waals surface area contributed by atoms with E-state index >= 15 is 0 Å². The Morgan fingerprint density at radius 3 is 2.38 bits per heavy atom. The molecule has 5 heteroatoms. The van der Waals surface area contributed by atoms with E-state index in [2.05, 4.69) is 17.5 Å². The molecule has 128 valence electrons. The first-order chi connectivity index (χ1) is 11.1. The highest BCUT2D eigenvalue weighted by Gasteiger charge is 2.39. The van der Waals surface area contributed by atoms with Crippen molar-refractivity contribution in [2.24, 2.45) is 11.3 Å². The van der Waals surface area contributed by atoms with Crippen LogP contribution in [-0.4, -0.2) is 24.4 Å². The minimum absolute atomic E-state index is 0.192. The molecule has 0 radical (unpaired) electrons. The Balaban J connectivity index is 2.14. The number of carbonyl (C=O) groups is 2. The Morgan fingerprint density at radius 1 is 1.29 bits per heavy atom. The number of nitrogens with one attached hydrogen (secondary N) is 1. The lowest BCUT2D eigenvalue weighted by Crippen LogP contribution is -2.46.